The van der Waals surface area contributed by atoms with Crippen LogP contribution in [0.5, 0.6) is 0 Å². The summed E-state index contributed by atoms with van der Waals surface area (Å²) in [5.41, 5.74) is 1.52. The molecule has 0 fully saturated rings. The Morgan fingerprint density at radius 3 is 2.06 bits per heavy atom. The molecule has 96 valence electrons. The minimum Gasteiger partial charge on any atom is -0.225 e. The third kappa shape index (κ3) is 3.30. The summed E-state index contributed by atoms with van der Waals surface area (Å²) in [7, 11) is -3.67. The molecule has 0 radical (unpaired) electrons. The van der Waals surface area contributed by atoms with Crippen LogP contribution < -0.4 is 5.14 Å². The first-order valence-electron chi connectivity index (χ1n) is 5.70. The van der Waals surface area contributed by atoms with Crippen molar-refractivity contribution in [1.29, 1.82) is 0 Å². The largest absolute Gasteiger partial charge is 0.238 e. The lowest BCUT2D eigenvalue weighted by molar-refractivity contribution is 0.561. The molecule has 0 aromatic heterocycles. The Balaban J connectivity index is 3.55. The molecule has 0 unspecified atom stereocenters. The van der Waals surface area contributed by atoms with Crippen LogP contribution >= 0.6 is 0 Å². The van der Waals surface area contributed by atoms with Gasteiger partial charge in [0, 0.05) is 0 Å². The molecule has 1 rings (SSSR count). The van der Waals surface area contributed by atoms with Crippen LogP contribution in [0.1, 0.15) is 51.7 Å². The van der Waals surface area contributed by atoms with Gasteiger partial charge in [0.25, 0.3) is 0 Å². The van der Waals surface area contributed by atoms with E-state index in [1.807, 2.05) is 46.8 Å². The number of nitrogens with two attached hydrogens (primary N) is 1. The van der Waals surface area contributed by atoms with Gasteiger partial charge in [0.05, 0.1) is 4.90 Å². The fraction of sp³-hybridized carbons (Fsp3) is 0.538. The molecule has 0 heterocycles. The zero-order chi connectivity index (χ0) is 13.4. The van der Waals surface area contributed by atoms with E-state index in [2.05, 4.69) is 0 Å². The van der Waals surface area contributed by atoms with Crippen molar-refractivity contribution in [3.8, 4) is 0 Å². The highest BCUT2D eigenvalue weighted by atomic mass is 32.2. The predicted molar refractivity (Wildman–Crippen MR) is 70.6 cm³/mol. The second-order valence-corrected chi connectivity index (χ2v) is 7.24. The smallest absolute Gasteiger partial charge is 0.225 e. The fourth-order valence-electron chi connectivity index (χ4n) is 1.75. The summed E-state index contributed by atoms with van der Waals surface area (Å²) >= 11 is 0. The first kappa shape index (κ1) is 14.2. The molecule has 0 atom stereocenters. The second kappa shape index (κ2) is 4.42. The summed E-state index contributed by atoms with van der Waals surface area (Å²) in [6.07, 6.45) is 0. The van der Waals surface area contributed by atoms with Gasteiger partial charge in [-0.2, -0.15) is 0 Å². The molecule has 0 amide bonds. The lowest BCUT2D eigenvalue weighted by Gasteiger charge is -2.23. The Morgan fingerprint density at radius 2 is 1.71 bits per heavy atom. The van der Waals surface area contributed by atoms with E-state index >= 15 is 0 Å². The highest BCUT2D eigenvalue weighted by molar-refractivity contribution is 7.89. The van der Waals surface area contributed by atoms with Crippen LogP contribution in [0, 0.1) is 0 Å². The maximum absolute atomic E-state index is 11.7. The second-order valence-electron chi connectivity index (χ2n) is 5.71. The Morgan fingerprint density at radius 1 is 1.18 bits per heavy atom. The maximum Gasteiger partial charge on any atom is 0.238 e. The summed E-state index contributed by atoms with van der Waals surface area (Å²) in [6.45, 7) is 9.99. The number of sulfonamides is 1. The van der Waals surface area contributed by atoms with Crippen LogP contribution in [0.25, 0.3) is 0 Å². The first-order valence-corrected chi connectivity index (χ1v) is 7.25. The number of hydrogen-bond donors (Lipinski definition) is 1. The first-order chi connectivity index (χ1) is 7.53. The van der Waals surface area contributed by atoms with E-state index in [0.29, 0.717) is 0 Å². The van der Waals surface area contributed by atoms with Gasteiger partial charge in [0.15, 0.2) is 0 Å². The molecule has 0 bridgehead atoms. The van der Waals surface area contributed by atoms with Crippen LogP contribution in [0.15, 0.2) is 23.1 Å². The van der Waals surface area contributed by atoms with Gasteiger partial charge >= 0.3 is 0 Å². The van der Waals surface area contributed by atoms with Crippen molar-refractivity contribution >= 4 is 10.0 Å². The zero-order valence-electron chi connectivity index (χ0n) is 11.1. The minimum absolute atomic E-state index is 0.239. The normalized spacial score (nSPS) is 13.1. The molecule has 1 aromatic carbocycles. The van der Waals surface area contributed by atoms with E-state index in [1.165, 1.54) is 0 Å². The number of rotatable bonds is 2. The number of hydrogen-bond acceptors (Lipinski definition) is 2. The third-order valence-corrected chi connectivity index (χ3v) is 3.74. The molecule has 3 nitrogen and oxygen atoms in total. The standard InChI is InChI=1S/C13H21NO2S/c1-9(2)10-6-7-11(13(3,4)5)12(8-10)17(14,15)16/h6-9H,1-5H3,(H2,14,15,16). The summed E-state index contributed by atoms with van der Waals surface area (Å²) in [6, 6.07) is 5.54. The van der Waals surface area contributed by atoms with E-state index in [1.54, 1.807) is 6.07 Å². The summed E-state index contributed by atoms with van der Waals surface area (Å²) in [5, 5.41) is 5.30. The van der Waals surface area contributed by atoms with Gasteiger partial charge in [0.1, 0.15) is 0 Å². The predicted octanol–water partition coefficient (Wildman–Crippen LogP) is 2.75. The van der Waals surface area contributed by atoms with Crippen LogP contribution in [0.3, 0.4) is 0 Å². The summed E-state index contributed by atoms with van der Waals surface area (Å²) in [4.78, 5) is 0.246. The van der Waals surface area contributed by atoms with Gasteiger partial charge in [-0.1, -0.05) is 46.8 Å². The molecule has 2 N–H and O–H groups in total. The molecule has 0 aliphatic carbocycles. The fourth-order valence-corrected chi connectivity index (χ4v) is 2.73. The van der Waals surface area contributed by atoms with Crippen molar-refractivity contribution in [2.45, 2.75) is 50.8 Å². The van der Waals surface area contributed by atoms with E-state index < -0.39 is 10.0 Å². The van der Waals surface area contributed by atoms with Gasteiger partial charge in [-0.05, 0) is 28.5 Å². The molecule has 4 heteroatoms. The molecule has 0 aliphatic heterocycles. The van der Waals surface area contributed by atoms with Gasteiger partial charge in [0.2, 0.25) is 10.0 Å². The van der Waals surface area contributed by atoms with Gasteiger partial charge in [-0.15, -0.1) is 0 Å². The monoisotopic (exact) mass is 255 g/mol. The van der Waals surface area contributed by atoms with E-state index in [9.17, 15) is 8.42 Å². The Labute approximate surface area is 104 Å². The van der Waals surface area contributed by atoms with Crippen molar-refractivity contribution in [3.05, 3.63) is 29.3 Å². The van der Waals surface area contributed by atoms with Crippen LogP contribution in [0.2, 0.25) is 0 Å². The zero-order valence-corrected chi connectivity index (χ0v) is 11.9. The molecule has 1 aromatic rings. The van der Waals surface area contributed by atoms with Gasteiger partial charge in [-0.25, -0.2) is 13.6 Å². The van der Waals surface area contributed by atoms with Crippen molar-refractivity contribution in [2.75, 3.05) is 0 Å². The Bertz CT molecular complexity index is 511. The van der Waals surface area contributed by atoms with Crippen molar-refractivity contribution in [3.63, 3.8) is 0 Å². The number of benzene rings is 1. The highest BCUT2D eigenvalue weighted by Gasteiger charge is 2.24. The molecular formula is C13H21NO2S. The van der Waals surface area contributed by atoms with Crippen molar-refractivity contribution < 1.29 is 8.42 Å². The van der Waals surface area contributed by atoms with E-state index in [-0.39, 0.29) is 16.2 Å². The quantitative estimate of drug-likeness (QED) is 0.883. The average Bonchev–Trinajstić information content (AvgIpc) is 2.14. The molecule has 0 saturated heterocycles. The van der Waals surface area contributed by atoms with Crippen molar-refractivity contribution in [1.82, 2.24) is 0 Å². The van der Waals surface area contributed by atoms with Gasteiger partial charge in [-0.3, -0.25) is 0 Å². The molecule has 17 heavy (non-hydrogen) atoms. The lowest BCUT2D eigenvalue weighted by Crippen LogP contribution is -2.21. The van der Waals surface area contributed by atoms with Crippen LogP contribution in [-0.2, 0) is 15.4 Å². The summed E-state index contributed by atoms with van der Waals surface area (Å²) < 4.78 is 23.3. The number of primary sulfonamides is 1. The SMILES string of the molecule is CC(C)c1ccc(C(C)(C)C)c(S(N)(=O)=O)c1. The molecule has 0 saturated carbocycles. The average molecular weight is 255 g/mol. The van der Waals surface area contributed by atoms with Crippen molar-refractivity contribution in [2.24, 2.45) is 5.14 Å². The highest BCUT2D eigenvalue weighted by Crippen LogP contribution is 2.30. The van der Waals surface area contributed by atoms with Crippen LogP contribution in [0.4, 0.5) is 0 Å². The maximum atomic E-state index is 11.7. The van der Waals surface area contributed by atoms with E-state index in [0.717, 1.165) is 11.1 Å². The Hall–Kier alpha value is -0.870. The third-order valence-electron chi connectivity index (χ3n) is 2.79. The van der Waals surface area contributed by atoms with Gasteiger partial charge < -0.3 is 0 Å². The topological polar surface area (TPSA) is 60.2 Å². The molecular weight excluding hydrogens is 234 g/mol. The summed E-state index contributed by atoms with van der Waals surface area (Å²) in [5.74, 6) is 0.282. The lowest BCUT2D eigenvalue weighted by atomic mass is 9.85. The molecule has 0 aliphatic rings. The van der Waals surface area contributed by atoms with E-state index in [4.69, 9.17) is 5.14 Å². The molecule has 0 spiro atoms. The van der Waals surface area contributed by atoms with Crippen LogP contribution in [-0.4, -0.2) is 8.42 Å². The minimum atomic E-state index is -3.67. The Kier molecular flexibility index (Phi) is 3.69.